The van der Waals surface area contributed by atoms with Gasteiger partial charge in [0.05, 0.1) is 18.0 Å². The molecule has 0 aromatic carbocycles. The van der Waals surface area contributed by atoms with E-state index in [0.29, 0.717) is 31.7 Å². The van der Waals surface area contributed by atoms with Gasteiger partial charge in [0.15, 0.2) is 5.17 Å². The van der Waals surface area contributed by atoms with E-state index < -0.39 is 5.60 Å². The Morgan fingerprint density at radius 2 is 2.13 bits per heavy atom. The zero-order valence-corrected chi connectivity index (χ0v) is 9.16. The van der Waals surface area contributed by atoms with Crippen LogP contribution in [-0.2, 0) is 4.79 Å². The number of aliphatic hydroxyl groups excluding tert-OH is 1. The maximum absolute atomic E-state index is 11.0. The highest BCUT2D eigenvalue weighted by atomic mass is 32.2. The number of thioether (sulfide) groups is 1. The second-order valence-electron chi connectivity index (χ2n) is 3.95. The number of likely N-dealkylation sites (tertiary alicyclic amines) is 1. The molecular weight excluding hydrogens is 216 g/mol. The number of hydrogen-bond donors (Lipinski definition) is 2. The smallest absolute Gasteiger partial charge is 0.258 e. The van der Waals surface area contributed by atoms with Gasteiger partial charge in [-0.1, -0.05) is 11.8 Å². The maximum Gasteiger partial charge on any atom is 0.258 e. The predicted molar refractivity (Wildman–Crippen MR) is 57.7 cm³/mol. The normalized spacial score (nSPS) is 25.6. The second-order valence-corrected chi connectivity index (χ2v) is 4.89. The lowest BCUT2D eigenvalue weighted by Crippen LogP contribution is -2.47. The van der Waals surface area contributed by atoms with Crippen LogP contribution in [-0.4, -0.2) is 57.2 Å². The molecule has 0 radical (unpaired) electrons. The first-order chi connectivity index (χ1) is 7.13. The van der Waals surface area contributed by atoms with Crippen molar-refractivity contribution in [2.45, 2.75) is 18.4 Å². The number of aliphatic hydroxyl groups is 2. The Bertz CT molecular complexity index is 298. The maximum atomic E-state index is 11.0. The first-order valence-electron chi connectivity index (χ1n) is 4.95. The van der Waals surface area contributed by atoms with Crippen molar-refractivity contribution in [3.8, 4) is 0 Å². The summed E-state index contributed by atoms with van der Waals surface area (Å²) >= 11 is 1.45. The van der Waals surface area contributed by atoms with Crippen molar-refractivity contribution in [2.75, 3.05) is 25.4 Å². The number of aliphatic imine (C=N–C) groups is 1. The van der Waals surface area contributed by atoms with Gasteiger partial charge in [0.1, 0.15) is 0 Å². The molecule has 6 heteroatoms. The third kappa shape index (κ3) is 2.32. The first kappa shape index (κ1) is 10.9. The van der Waals surface area contributed by atoms with Crippen molar-refractivity contribution in [1.29, 1.82) is 0 Å². The standard InChI is InChI=1S/C9H14N2O3S/c12-6-9(14)1-3-11(4-2-9)8-10-7(13)5-15-8/h12,14H,1-6H2. The molecule has 0 saturated carbocycles. The summed E-state index contributed by atoms with van der Waals surface area (Å²) in [6.45, 7) is 1.10. The Hall–Kier alpha value is -0.590. The zero-order chi connectivity index (χ0) is 10.9. The number of carbonyl (C=O) groups excluding carboxylic acids is 1. The molecule has 2 rings (SSSR count). The predicted octanol–water partition coefficient (Wildman–Crippen LogP) is -0.565. The largest absolute Gasteiger partial charge is 0.393 e. The van der Waals surface area contributed by atoms with Gasteiger partial charge in [-0.25, -0.2) is 0 Å². The fraction of sp³-hybridized carbons (Fsp3) is 0.778. The lowest BCUT2D eigenvalue weighted by atomic mass is 9.93. The molecular formula is C9H14N2O3S. The van der Waals surface area contributed by atoms with Crippen LogP contribution in [0.25, 0.3) is 0 Å². The van der Waals surface area contributed by atoms with Crippen molar-refractivity contribution >= 4 is 22.8 Å². The van der Waals surface area contributed by atoms with Gasteiger partial charge in [-0.15, -0.1) is 0 Å². The van der Waals surface area contributed by atoms with Crippen molar-refractivity contribution in [2.24, 2.45) is 4.99 Å². The van der Waals surface area contributed by atoms with E-state index >= 15 is 0 Å². The van der Waals surface area contributed by atoms with E-state index in [-0.39, 0.29) is 12.5 Å². The van der Waals surface area contributed by atoms with E-state index in [1.165, 1.54) is 11.8 Å². The first-order valence-corrected chi connectivity index (χ1v) is 5.94. The van der Waals surface area contributed by atoms with Crippen LogP contribution in [0, 0.1) is 0 Å². The van der Waals surface area contributed by atoms with Crippen molar-refractivity contribution in [1.82, 2.24) is 4.90 Å². The molecule has 1 amide bonds. The zero-order valence-electron chi connectivity index (χ0n) is 8.35. The molecule has 0 atom stereocenters. The summed E-state index contributed by atoms with van der Waals surface area (Å²) in [5.74, 6) is 0.341. The summed E-state index contributed by atoms with van der Waals surface area (Å²) in [7, 11) is 0. The monoisotopic (exact) mass is 230 g/mol. The van der Waals surface area contributed by atoms with Crippen molar-refractivity contribution in [3.63, 3.8) is 0 Å². The molecule has 2 aliphatic rings. The molecule has 0 aliphatic carbocycles. The Labute approximate surface area is 92.2 Å². The summed E-state index contributed by atoms with van der Waals surface area (Å²) in [6.07, 6.45) is 1.05. The van der Waals surface area contributed by atoms with Crippen LogP contribution in [0.2, 0.25) is 0 Å². The third-order valence-electron chi connectivity index (χ3n) is 2.80. The average Bonchev–Trinajstić information content (AvgIpc) is 2.66. The fourth-order valence-corrected chi connectivity index (χ4v) is 2.58. The van der Waals surface area contributed by atoms with E-state index in [9.17, 15) is 9.90 Å². The van der Waals surface area contributed by atoms with Crippen LogP contribution in [0.4, 0.5) is 0 Å². The summed E-state index contributed by atoms with van der Waals surface area (Å²) in [6, 6.07) is 0. The van der Waals surface area contributed by atoms with Gasteiger partial charge in [-0.3, -0.25) is 4.79 Å². The summed E-state index contributed by atoms with van der Waals surface area (Å²) < 4.78 is 0. The number of amidine groups is 1. The van der Waals surface area contributed by atoms with Crippen LogP contribution in [0.5, 0.6) is 0 Å². The molecule has 2 N–H and O–H groups in total. The molecule has 0 bridgehead atoms. The van der Waals surface area contributed by atoms with Crippen LogP contribution >= 0.6 is 11.8 Å². The van der Waals surface area contributed by atoms with Gasteiger partial charge in [0.25, 0.3) is 5.91 Å². The third-order valence-corrected chi connectivity index (χ3v) is 3.80. The van der Waals surface area contributed by atoms with Gasteiger partial charge in [-0.05, 0) is 12.8 Å². The molecule has 15 heavy (non-hydrogen) atoms. The number of rotatable bonds is 1. The second kappa shape index (κ2) is 4.11. The molecule has 2 heterocycles. The molecule has 84 valence electrons. The van der Waals surface area contributed by atoms with E-state index in [0.717, 1.165) is 5.17 Å². The molecule has 0 spiro atoms. The number of piperidine rings is 1. The van der Waals surface area contributed by atoms with Gasteiger partial charge in [0.2, 0.25) is 0 Å². The summed E-state index contributed by atoms with van der Waals surface area (Å²) in [4.78, 5) is 16.9. The van der Waals surface area contributed by atoms with Crippen molar-refractivity contribution < 1.29 is 15.0 Å². The minimum Gasteiger partial charge on any atom is -0.393 e. The average molecular weight is 230 g/mol. The van der Waals surface area contributed by atoms with Crippen LogP contribution < -0.4 is 0 Å². The Kier molecular flexibility index (Phi) is 2.99. The molecule has 5 nitrogen and oxygen atoms in total. The Morgan fingerprint density at radius 3 is 2.60 bits per heavy atom. The molecule has 1 fully saturated rings. The SMILES string of the molecule is O=C1CSC(N2CCC(O)(CO)CC2)=N1. The summed E-state index contributed by atoms with van der Waals surface area (Å²) in [5, 5.41) is 19.6. The Balaban J connectivity index is 1.94. The highest BCUT2D eigenvalue weighted by Gasteiger charge is 2.33. The minimum absolute atomic E-state index is 0.0852. The van der Waals surface area contributed by atoms with E-state index in [2.05, 4.69) is 4.99 Å². The van der Waals surface area contributed by atoms with E-state index in [1.807, 2.05) is 4.90 Å². The lowest BCUT2D eigenvalue weighted by Gasteiger charge is -2.37. The molecule has 1 saturated heterocycles. The molecule has 0 unspecified atom stereocenters. The number of hydrogen-bond acceptors (Lipinski definition) is 5. The van der Waals surface area contributed by atoms with Gasteiger partial charge in [-0.2, -0.15) is 4.99 Å². The number of carbonyl (C=O) groups is 1. The lowest BCUT2D eigenvalue weighted by molar-refractivity contribution is -0.115. The van der Waals surface area contributed by atoms with Crippen LogP contribution in [0.1, 0.15) is 12.8 Å². The molecule has 0 aromatic rings. The van der Waals surface area contributed by atoms with E-state index in [4.69, 9.17) is 5.11 Å². The Morgan fingerprint density at radius 1 is 1.47 bits per heavy atom. The van der Waals surface area contributed by atoms with Crippen molar-refractivity contribution in [3.05, 3.63) is 0 Å². The van der Waals surface area contributed by atoms with Crippen LogP contribution in [0.15, 0.2) is 4.99 Å². The minimum atomic E-state index is -0.940. The van der Waals surface area contributed by atoms with Gasteiger partial charge >= 0.3 is 0 Å². The van der Waals surface area contributed by atoms with Gasteiger partial charge < -0.3 is 15.1 Å². The fourth-order valence-electron chi connectivity index (χ4n) is 1.73. The topological polar surface area (TPSA) is 73.1 Å². The number of amides is 1. The highest BCUT2D eigenvalue weighted by molar-refractivity contribution is 8.14. The number of nitrogens with zero attached hydrogens (tertiary/aromatic N) is 2. The van der Waals surface area contributed by atoms with Gasteiger partial charge in [0, 0.05) is 13.1 Å². The molecule has 0 aromatic heterocycles. The van der Waals surface area contributed by atoms with E-state index in [1.54, 1.807) is 0 Å². The quantitative estimate of drug-likeness (QED) is 0.631. The summed E-state index contributed by atoms with van der Waals surface area (Å²) in [5.41, 5.74) is -0.940. The van der Waals surface area contributed by atoms with Crippen LogP contribution in [0.3, 0.4) is 0 Å². The molecule has 2 aliphatic heterocycles. The highest BCUT2D eigenvalue weighted by Crippen LogP contribution is 2.25.